The number of carbonyl (C=O) groups is 1. The van der Waals surface area contributed by atoms with Crippen LogP contribution in [0, 0.1) is 0 Å². The molecule has 0 spiro atoms. The number of hydrogen-bond acceptors (Lipinski definition) is 5. The zero-order chi connectivity index (χ0) is 19.8. The molecule has 3 aromatic rings. The summed E-state index contributed by atoms with van der Waals surface area (Å²) in [5.74, 6) is 0.450. The van der Waals surface area contributed by atoms with Gasteiger partial charge in [0.25, 0.3) is 0 Å². The highest BCUT2D eigenvalue weighted by Crippen LogP contribution is 2.23. The Morgan fingerprint density at radius 2 is 1.93 bits per heavy atom. The summed E-state index contributed by atoms with van der Waals surface area (Å²) in [6.45, 7) is 0.703. The third kappa shape index (κ3) is 5.09. The van der Waals surface area contributed by atoms with Crippen molar-refractivity contribution in [2.75, 3.05) is 20.3 Å². The maximum Gasteiger partial charge on any atom is 0.245 e. The fourth-order valence-corrected chi connectivity index (χ4v) is 3.72. The molecular weight excluding hydrogens is 374 g/mol. The summed E-state index contributed by atoms with van der Waals surface area (Å²) in [6, 6.07) is 17.8. The molecule has 28 heavy (non-hydrogen) atoms. The Kier molecular flexibility index (Phi) is 7.00. The number of aromatic nitrogens is 1. The maximum absolute atomic E-state index is 11.2. The molecule has 0 aliphatic rings. The third-order valence-corrected chi connectivity index (χ3v) is 5.05. The quantitative estimate of drug-likeness (QED) is 0.574. The molecule has 1 aromatic heterocycles. The average Bonchev–Trinajstić information content (AvgIpc) is 3.14. The van der Waals surface area contributed by atoms with Gasteiger partial charge in [0.05, 0.1) is 18.5 Å². The summed E-state index contributed by atoms with van der Waals surface area (Å²) in [5.41, 5.74) is 3.04. The van der Waals surface area contributed by atoms with Crippen molar-refractivity contribution in [1.29, 1.82) is 0 Å². The Balaban J connectivity index is 1.90. The van der Waals surface area contributed by atoms with Gasteiger partial charge in [-0.25, -0.2) is 4.99 Å². The molecule has 0 fully saturated rings. The van der Waals surface area contributed by atoms with Gasteiger partial charge < -0.3 is 19.7 Å². The molecule has 0 unspecified atom stereocenters. The Morgan fingerprint density at radius 3 is 2.61 bits per heavy atom. The molecule has 0 aliphatic carbocycles. The molecule has 7 heteroatoms. The van der Waals surface area contributed by atoms with Gasteiger partial charge in [0.15, 0.2) is 4.80 Å². The lowest BCUT2D eigenvalue weighted by atomic mass is 10.1. The lowest BCUT2D eigenvalue weighted by molar-refractivity contribution is -0.123. The minimum atomic E-state index is -0.489. The zero-order valence-corrected chi connectivity index (χ0v) is 16.5. The number of nitrogens with zero attached hydrogens (tertiary/aromatic N) is 2. The van der Waals surface area contributed by atoms with Gasteiger partial charge in [-0.1, -0.05) is 18.2 Å². The zero-order valence-electron chi connectivity index (χ0n) is 15.7. The molecule has 0 saturated heterocycles. The van der Waals surface area contributed by atoms with E-state index in [1.165, 1.54) is 0 Å². The van der Waals surface area contributed by atoms with Crippen LogP contribution in [0.1, 0.15) is 6.42 Å². The van der Waals surface area contributed by atoms with E-state index >= 15 is 0 Å². The molecule has 0 aliphatic heterocycles. The third-order valence-electron chi connectivity index (χ3n) is 4.19. The smallest absolute Gasteiger partial charge is 0.245 e. The first-order chi connectivity index (χ1) is 13.7. The van der Waals surface area contributed by atoms with E-state index in [1.807, 2.05) is 54.6 Å². The van der Waals surface area contributed by atoms with E-state index in [2.05, 4.69) is 15.3 Å². The monoisotopic (exact) mass is 397 g/mol. The fourth-order valence-electron chi connectivity index (χ4n) is 2.76. The molecule has 0 atom stereocenters. The number of thiazole rings is 1. The second-order valence-corrected chi connectivity index (χ2v) is 6.93. The van der Waals surface area contributed by atoms with Gasteiger partial charge in [-0.15, -0.1) is 11.3 Å². The van der Waals surface area contributed by atoms with Crippen molar-refractivity contribution in [3.63, 3.8) is 0 Å². The number of rotatable bonds is 8. The summed E-state index contributed by atoms with van der Waals surface area (Å²) in [7, 11) is 1.65. The van der Waals surface area contributed by atoms with Crippen LogP contribution in [0.3, 0.4) is 0 Å². The van der Waals surface area contributed by atoms with E-state index in [9.17, 15) is 4.79 Å². The summed E-state index contributed by atoms with van der Waals surface area (Å²) in [6.07, 6.45) is 0.730. The first-order valence-corrected chi connectivity index (χ1v) is 9.89. The van der Waals surface area contributed by atoms with Crippen LogP contribution in [-0.2, 0) is 11.3 Å². The highest BCUT2D eigenvalue weighted by molar-refractivity contribution is 7.07. The van der Waals surface area contributed by atoms with Gasteiger partial charge in [0.2, 0.25) is 5.91 Å². The number of nitrogens with one attached hydrogen (secondary N) is 1. The van der Waals surface area contributed by atoms with Crippen LogP contribution in [0.15, 0.2) is 65.0 Å². The summed E-state index contributed by atoms with van der Waals surface area (Å²) >= 11 is 1.58. The second kappa shape index (κ2) is 9.87. The highest BCUT2D eigenvalue weighted by Gasteiger charge is 2.09. The highest BCUT2D eigenvalue weighted by atomic mass is 32.1. The minimum Gasteiger partial charge on any atom is -0.497 e. The van der Waals surface area contributed by atoms with Crippen molar-refractivity contribution in [3.05, 3.63) is 64.8 Å². The predicted octanol–water partition coefficient (Wildman–Crippen LogP) is 2.96. The van der Waals surface area contributed by atoms with Crippen molar-refractivity contribution in [3.8, 4) is 17.0 Å². The van der Waals surface area contributed by atoms with Crippen LogP contribution in [0.5, 0.6) is 5.75 Å². The number of ether oxygens (including phenoxy) is 1. The maximum atomic E-state index is 11.2. The van der Waals surface area contributed by atoms with Crippen LogP contribution < -0.4 is 14.9 Å². The van der Waals surface area contributed by atoms with E-state index < -0.39 is 6.61 Å². The second-order valence-electron chi connectivity index (χ2n) is 6.09. The number of benzene rings is 2. The number of hydrogen-bond donors (Lipinski definition) is 2. The molecule has 2 N–H and O–H groups in total. The van der Waals surface area contributed by atoms with Crippen LogP contribution in [0.25, 0.3) is 11.3 Å². The number of aliphatic hydroxyl groups excluding tert-OH is 1. The van der Waals surface area contributed by atoms with Crippen LogP contribution in [0.4, 0.5) is 5.69 Å². The Hall–Kier alpha value is -2.90. The lowest BCUT2D eigenvalue weighted by Gasteiger charge is -2.10. The minimum absolute atomic E-state index is 0.361. The van der Waals surface area contributed by atoms with Crippen molar-refractivity contribution in [1.82, 2.24) is 9.88 Å². The van der Waals surface area contributed by atoms with E-state index in [0.29, 0.717) is 13.1 Å². The summed E-state index contributed by atoms with van der Waals surface area (Å²) < 4.78 is 7.41. The van der Waals surface area contributed by atoms with Crippen molar-refractivity contribution < 1.29 is 14.6 Å². The van der Waals surface area contributed by atoms with E-state index in [-0.39, 0.29) is 5.91 Å². The summed E-state index contributed by atoms with van der Waals surface area (Å²) in [4.78, 5) is 16.9. The largest absolute Gasteiger partial charge is 0.497 e. The standard InChI is InChI=1S/C21H23N3O3S/c1-27-18-10-8-16(9-11-18)19-15-28-21(23-17-6-3-2-4-7-17)24(19)13-5-12-22-20(26)14-25/h2-4,6-11,15,25H,5,12-14H2,1H3,(H,22,26)/b23-21+. The van der Waals surface area contributed by atoms with E-state index in [1.54, 1.807) is 18.4 Å². The molecule has 2 aromatic carbocycles. The van der Waals surface area contributed by atoms with Gasteiger partial charge in [-0.2, -0.15) is 0 Å². The molecule has 1 amide bonds. The Labute approximate surface area is 167 Å². The SMILES string of the molecule is COc1ccc(-c2cs/c(=N/c3ccccc3)n2CCCNC(=O)CO)cc1. The molecule has 3 rings (SSSR count). The van der Waals surface area contributed by atoms with E-state index in [0.717, 1.165) is 33.9 Å². The summed E-state index contributed by atoms with van der Waals surface area (Å²) in [5, 5.41) is 13.6. The molecule has 146 valence electrons. The molecule has 1 heterocycles. The Morgan fingerprint density at radius 1 is 1.18 bits per heavy atom. The van der Waals surface area contributed by atoms with Gasteiger partial charge in [-0.3, -0.25) is 4.79 Å². The number of carbonyl (C=O) groups excluding carboxylic acids is 1. The number of methoxy groups -OCH3 is 1. The van der Waals surface area contributed by atoms with Crippen LogP contribution in [-0.4, -0.2) is 35.8 Å². The van der Waals surface area contributed by atoms with Gasteiger partial charge in [0.1, 0.15) is 12.4 Å². The fraction of sp³-hybridized carbons (Fsp3) is 0.238. The molecule has 0 radical (unpaired) electrons. The lowest BCUT2D eigenvalue weighted by Crippen LogP contribution is -2.28. The van der Waals surface area contributed by atoms with Crippen LogP contribution in [0.2, 0.25) is 0 Å². The van der Waals surface area contributed by atoms with Gasteiger partial charge in [-0.05, 0) is 48.4 Å². The molecule has 0 saturated carbocycles. The normalized spacial score (nSPS) is 11.4. The van der Waals surface area contributed by atoms with E-state index in [4.69, 9.17) is 14.8 Å². The van der Waals surface area contributed by atoms with Gasteiger partial charge in [0, 0.05) is 18.5 Å². The topological polar surface area (TPSA) is 75.8 Å². The Bertz CT molecular complexity index is 963. The number of amides is 1. The molecular formula is C21H23N3O3S. The van der Waals surface area contributed by atoms with Crippen molar-refractivity contribution in [2.45, 2.75) is 13.0 Å². The van der Waals surface area contributed by atoms with Gasteiger partial charge >= 0.3 is 0 Å². The first kappa shape index (κ1) is 19.9. The molecule has 6 nitrogen and oxygen atoms in total. The number of para-hydroxylation sites is 1. The predicted molar refractivity (Wildman–Crippen MR) is 111 cm³/mol. The van der Waals surface area contributed by atoms with Crippen LogP contribution >= 0.6 is 11.3 Å². The van der Waals surface area contributed by atoms with Crippen molar-refractivity contribution >= 4 is 22.9 Å². The molecule has 0 bridgehead atoms. The van der Waals surface area contributed by atoms with Crippen molar-refractivity contribution in [2.24, 2.45) is 4.99 Å². The number of aliphatic hydroxyl groups is 1. The average molecular weight is 398 g/mol. The first-order valence-electron chi connectivity index (χ1n) is 9.01.